The quantitative estimate of drug-likeness (QED) is 0.301. The van der Waals surface area contributed by atoms with E-state index in [0.717, 1.165) is 40.2 Å². The number of aryl methyl sites for hydroxylation is 2. The number of hydrogen-bond donors (Lipinski definition) is 2. The second kappa shape index (κ2) is 11.2. The summed E-state index contributed by atoms with van der Waals surface area (Å²) in [7, 11) is 0. The highest BCUT2D eigenvalue weighted by molar-refractivity contribution is 5.99. The molecule has 0 aliphatic rings. The fourth-order valence-corrected chi connectivity index (χ4v) is 4.16. The lowest BCUT2D eigenvalue weighted by Gasteiger charge is -2.26. The zero-order valence-corrected chi connectivity index (χ0v) is 21.6. The molecule has 0 fully saturated rings. The van der Waals surface area contributed by atoms with Gasteiger partial charge in [-0.2, -0.15) is 5.10 Å². The van der Waals surface area contributed by atoms with E-state index in [-0.39, 0.29) is 18.3 Å². The van der Waals surface area contributed by atoms with E-state index in [0.29, 0.717) is 11.9 Å². The first kappa shape index (κ1) is 26.5. The predicted molar refractivity (Wildman–Crippen MR) is 144 cm³/mol. The van der Waals surface area contributed by atoms with Gasteiger partial charge in [0.15, 0.2) is 0 Å². The third-order valence-electron chi connectivity index (χ3n) is 6.10. The molecule has 0 atom stereocenters. The van der Waals surface area contributed by atoms with Crippen LogP contribution in [0.15, 0.2) is 72.8 Å². The molecule has 2 N–H and O–H groups in total. The van der Waals surface area contributed by atoms with E-state index in [1.807, 2.05) is 68.4 Å². The van der Waals surface area contributed by atoms with Crippen LogP contribution < -0.4 is 10.6 Å². The first-order valence-electron chi connectivity index (χ1n) is 12.2. The second-order valence-electron chi connectivity index (χ2n) is 9.20. The molecule has 1 heterocycles. The number of carbonyl (C=O) groups excluding carboxylic acids is 2. The molecular formula is C29H29F2N5O2. The average molecular weight is 518 g/mol. The van der Waals surface area contributed by atoms with Gasteiger partial charge in [-0.25, -0.2) is 18.3 Å². The van der Waals surface area contributed by atoms with E-state index < -0.39 is 23.6 Å². The molecule has 4 rings (SSSR count). The van der Waals surface area contributed by atoms with E-state index in [4.69, 9.17) is 5.10 Å². The number of aromatic nitrogens is 2. The Morgan fingerprint density at radius 3 is 2.29 bits per heavy atom. The number of amides is 3. The Balaban J connectivity index is 1.65. The van der Waals surface area contributed by atoms with Crippen LogP contribution in [0.4, 0.5) is 25.1 Å². The van der Waals surface area contributed by atoms with Gasteiger partial charge in [0.1, 0.15) is 24.0 Å². The molecule has 4 aromatic rings. The number of halogens is 2. The number of rotatable bonds is 7. The van der Waals surface area contributed by atoms with Crippen molar-refractivity contribution in [2.24, 2.45) is 0 Å². The summed E-state index contributed by atoms with van der Waals surface area (Å²) < 4.78 is 29.1. The molecule has 0 unspecified atom stereocenters. The first-order valence-corrected chi connectivity index (χ1v) is 12.2. The summed E-state index contributed by atoms with van der Waals surface area (Å²) in [4.78, 5) is 27.6. The number of para-hydroxylation sites is 1. The molecule has 0 radical (unpaired) electrons. The van der Waals surface area contributed by atoms with E-state index in [1.54, 1.807) is 18.5 Å². The van der Waals surface area contributed by atoms with Crippen LogP contribution in [-0.4, -0.2) is 39.2 Å². The maximum absolute atomic E-state index is 14.1. The van der Waals surface area contributed by atoms with Crippen molar-refractivity contribution in [3.8, 4) is 16.8 Å². The van der Waals surface area contributed by atoms with Crippen LogP contribution >= 0.6 is 0 Å². The normalized spacial score (nSPS) is 10.9. The van der Waals surface area contributed by atoms with Crippen molar-refractivity contribution in [2.45, 2.75) is 33.7 Å². The zero-order valence-electron chi connectivity index (χ0n) is 21.6. The minimum Gasteiger partial charge on any atom is -0.313 e. The van der Waals surface area contributed by atoms with Crippen molar-refractivity contribution in [3.05, 3.63) is 95.7 Å². The van der Waals surface area contributed by atoms with Gasteiger partial charge < -0.3 is 15.5 Å². The van der Waals surface area contributed by atoms with Crippen LogP contribution in [0.1, 0.15) is 25.1 Å². The summed E-state index contributed by atoms with van der Waals surface area (Å²) in [6.45, 7) is 7.01. The number of carbonyl (C=O) groups is 2. The Kier molecular flexibility index (Phi) is 7.85. The summed E-state index contributed by atoms with van der Waals surface area (Å²) in [6, 6.07) is 19.1. The lowest BCUT2D eigenvalue weighted by molar-refractivity contribution is -0.117. The Morgan fingerprint density at radius 2 is 1.63 bits per heavy atom. The van der Waals surface area contributed by atoms with Crippen molar-refractivity contribution in [1.29, 1.82) is 0 Å². The van der Waals surface area contributed by atoms with Gasteiger partial charge in [-0.1, -0.05) is 48.5 Å². The van der Waals surface area contributed by atoms with Gasteiger partial charge in [0.05, 0.1) is 17.1 Å². The van der Waals surface area contributed by atoms with Gasteiger partial charge in [-0.05, 0) is 57.0 Å². The summed E-state index contributed by atoms with van der Waals surface area (Å²) in [5.41, 5.74) is 3.96. The van der Waals surface area contributed by atoms with Crippen molar-refractivity contribution >= 4 is 23.4 Å². The Hall–Kier alpha value is -4.53. The van der Waals surface area contributed by atoms with Crippen molar-refractivity contribution in [3.63, 3.8) is 0 Å². The van der Waals surface area contributed by atoms with Crippen LogP contribution in [0.3, 0.4) is 0 Å². The molecule has 3 amide bonds. The molecule has 7 nitrogen and oxygen atoms in total. The molecule has 3 aromatic carbocycles. The van der Waals surface area contributed by atoms with Gasteiger partial charge in [0, 0.05) is 17.7 Å². The molecule has 38 heavy (non-hydrogen) atoms. The standard InChI is InChI=1S/C29H29F2N5O2/c1-18(2)35(29(38)32-24-15-14-22(30)16-23(24)31)17-26(37)33-28-27(21-11-6-5-7-12-21)20(4)34-36(28)25-13-9-8-10-19(25)3/h5-16,18H,17H2,1-4H3,(H,32,38)(H,33,37). The highest BCUT2D eigenvalue weighted by Crippen LogP contribution is 2.34. The molecular weight excluding hydrogens is 488 g/mol. The lowest BCUT2D eigenvalue weighted by Crippen LogP contribution is -2.44. The largest absolute Gasteiger partial charge is 0.322 e. The fraction of sp³-hybridized carbons (Fsp3) is 0.207. The Morgan fingerprint density at radius 1 is 0.947 bits per heavy atom. The van der Waals surface area contributed by atoms with E-state index in [9.17, 15) is 18.4 Å². The van der Waals surface area contributed by atoms with Crippen LogP contribution in [0.25, 0.3) is 16.8 Å². The third-order valence-corrected chi connectivity index (χ3v) is 6.10. The number of urea groups is 1. The highest BCUT2D eigenvalue weighted by atomic mass is 19.1. The van der Waals surface area contributed by atoms with Gasteiger partial charge in [0.2, 0.25) is 5.91 Å². The third kappa shape index (κ3) is 5.72. The number of nitrogens with one attached hydrogen (secondary N) is 2. The molecule has 0 saturated carbocycles. The molecule has 0 bridgehead atoms. The Labute approximate surface area is 220 Å². The van der Waals surface area contributed by atoms with Crippen LogP contribution in [0.5, 0.6) is 0 Å². The summed E-state index contributed by atoms with van der Waals surface area (Å²) in [6.07, 6.45) is 0. The molecule has 0 aliphatic heterocycles. The lowest BCUT2D eigenvalue weighted by atomic mass is 10.1. The minimum atomic E-state index is -0.906. The van der Waals surface area contributed by atoms with Gasteiger partial charge >= 0.3 is 6.03 Å². The summed E-state index contributed by atoms with van der Waals surface area (Å²) in [5.74, 6) is -1.64. The predicted octanol–water partition coefficient (Wildman–Crippen LogP) is 6.32. The monoisotopic (exact) mass is 517 g/mol. The number of anilines is 2. The smallest absolute Gasteiger partial charge is 0.313 e. The molecule has 0 saturated heterocycles. The maximum atomic E-state index is 14.1. The molecule has 0 spiro atoms. The summed E-state index contributed by atoms with van der Waals surface area (Å²) in [5, 5.41) is 10.1. The van der Waals surface area contributed by atoms with Crippen LogP contribution in [0.2, 0.25) is 0 Å². The van der Waals surface area contributed by atoms with E-state index >= 15 is 0 Å². The highest BCUT2D eigenvalue weighted by Gasteiger charge is 2.25. The number of benzene rings is 3. The van der Waals surface area contributed by atoms with Gasteiger partial charge in [-0.15, -0.1) is 0 Å². The van der Waals surface area contributed by atoms with E-state index in [2.05, 4.69) is 10.6 Å². The second-order valence-corrected chi connectivity index (χ2v) is 9.20. The first-order chi connectivity index (χ1) is 18.2. The zero-order chi connectivity index (χ0) is 27.4. The van der Waals surface area contributed by atoms with Crippen LogP contribution in [-0.2, 0) is 4.79 Å². The van der Waals surface area contributed by atoms with Crippen molar-refractivity contribution in [1.82, 2.24) is 14.7 Å². The molecule has 196 valence electrons. The maximum Gasteiger partial charge on any atom is 0.322 e. The molecule has 1 aromatic heterocycles. The SMILES string of the molecule is Cc1ccccc1-n1nc(C)c(-c2ccccc2)c1NC(=O)CN(C(=O)Nc1ccc(F)cc1F)C(C)C. The molecule has 9 heteroatoms. The van der Waals surface area contributed by atoms with E-state index in [1.165, 1.54) is 4.90 Å². The van der Waals surface area contributed by atoms with Crippen molar-refractivity contribution in [2.75, 3.05) is 17.2 Å². The average Bonchev–Trinajstić information content (AvgIpc) is 3.19. The number of hydrogen-bond acceptors (Lipinski definition) is 3. The van der Waals surface area contributed by atoms with Crippen LogP contribution in [0, 0.1) is 25.5 Å². The molecule has 0 aliphatic carbocycles. The Bertz CT molecular complexity index is 1470. The van der Waals surface area contributed by atoms with Gasteiger partial charge in [0.25, 0.3) is 0 Å². The minimum absolute atomic E-state index is 0.179. The van der Waals surface area contributed by atoms with Crippen molar-refractivity contribution < 1.29 is 18.4 Å². The topological polar surface area (TPSA) is 79.3 Å². The van der Waals surface area contributed by atoms with Gasteiger partial charge in [-0.3, -0.25) is 4.79 Å². The number of nitrogens with zero attached hydrogens (tertiary/aromatic N) is 3. The summed E-state index contributed by atoms with van der Waals surface area (Å²) >= 11 is 0. The fourth-order valence-electron chi connectivity index (χ4n) is 4.16.